The van der Waals surface area contributed by atoms with Crippen LogP contribution in [0.4, 0.5) is 10.1 Å². The number of amides is 1. The minimum Gasteiger partial charge on any atom is -0.472 e. The number of rotatable bonds is 0. The molecule has 1 amide bonds. The van der Waals surface area contributed by atoms with Crippen molar-refractivity contribution in [1.29, 1.82) is 0 Å². The number of hydrogen-bond acceptors (Lipinski definition) is 2. The molecule has 0 aromatic heterocycles. The maximum Gasteiger partial charge on any atom is 0.268 e. The zero-order valence-corrected chi connectivity index (χ0v) is 7.34. The Morgan fingerprint density at radius 2 is 2.21 bits per heavy atom. The molecule has 1 aromatic carbocycles. The maximum absolute atomic E-state index is 13.3. The average Bonchev–Trinajstić information content (AvgIpc) is 2.91. The fraction of sp³-hybridized carbons (Fsp3) is 0.300. The maximum atomic E-state index is 13.3. The van der Waals surface area contributed by atoms with E-state index in [0.29, 0.717) is 18.5 Å². The Bertz CT molecular complexity index is 426. The van der Waals surface area contributed by atoms with Gasteiger partial charge in [0.05, 0.1) is 5.69 Å². The SMILES string of the molecule is O=C1Nc2cccc(F)c2OC12CC2. The van der Waals surface area contributed by atoms with E-state index < -0.39 is 11.4 Å². The Hall–Kier alpha value is -1.58. The predicted molar refractivity (Wildman–Crippen MR) is 47.6 cm³/mol. The number of nitrogens with one attached hydrogen (secondary N) is 1. The summed E-state index contributed by atoms with van der Waals surface area (Å²) in [6.45, 7) is 0. The molecule has 2 aliphatic rings. The highest BCUT2D eigenvalue weighted by Crippen LogP contribution is 2.47. The highest BCUT2D eigenvalue weighted by Gasteiger charge is 2.55. The summed E-state index contributed by atoms with van der Waals surface area (Å²) >= 11 is 0. The minimum atomic E-state index is -0.769. The third kappa shape index (κ3) is 0.880. The van der Waals surface area contributed by atoms with E-state index in [2.05, 4.69) is 5.32 Å². The van der Waals surface area contributed by atoms with E-state index in [1.54, 1.807) is 12.1 Å². The molecule has 1 spiro atoms. The largest absolute Gasteiger partial charge is 0.472 e. The minimum absolute atomic E-state index is 0.157. The van der Waals surface area contributed by atoms with Crippen LogP contribution in [-0.4, -0.2) is 11.5 Å². The van der Waals surface area contributed by atoms with Crippen molar-refractivity contribution < 1.29 is 13.9 Å². The van der Waals surface area contributed by atoms with Crippen LogP contribution >= 0.6 is 0 Å². The van der Waals surface area contributed by atoms with Gasteiger partial charge in [-0.15, -0.1) is 0 Å². The van der Waals surface area contributed by atoms with E-state index in [0.717, 1.165) is 0 Å². The van der Waals surface area contributed by atoms with Gasteiger partial charge in [0, 0.05) is 12.8 Å². The van der Waals surface area contributed by atoms with Crippen LogP contribution in [0.15, 0.2) is 18.2 Å². The molecule has 0 unspecified atom stereocenters. The molecule has 0 bridgehead atoms. The van der Waals surface area contributed by atoms with Gasteiger partial charge in [0.2, 0.25) is 0 Å². The summed E-state index contributed by atoms with van der Waals surface area (Å²) in [5, 5.41) is 2.65. The van der Waals surface area contributed by atoms with Gasteiger partial charge in [0.25, 0.3) is 5.91 Å². The lowest BCUT2D eigenvalue weighted by Gasteiger charge is -2.25. The molecule has 0 atom stereocenters. The van der Waals surface area contributed by atoms with E-state index in [1.165, 1.54) is 6.07 Å². The zero-order chi connectivity index (χ0) is 9.76. The molecule has 72 valence electrons. The number of fused-ring (bicyclic) bond motifs is 1. The molecular weight excluding hydrogens is 185 g/mol. The molecule has 1 saturated carbocycles. The third-order valence-corrected chi connectivity index (χ3v) is 2.63. The van der Waals surface area contributed by atoms with E-state index in [-0.39, 0.29) is 11.7 Å². The van der Waals surface area contributed by atoms with Crippen molar-refractivity contribution in [2.75, 3.05) is 5.32 Å². The Morgan fingerprint density at radius 1 is 1.43 bits per heavy atom. The second-order valence-electron chi connectivity index (χ2n) is 3.67. The van der Waals surface area contributed by atoms with Crippen LogP contribution < -0.4 is 10.1 Å². The molecule has 4 heteroatoms. The van der Waals surface area contributed by atoms with Crippen LogP contribution in [0.1, 0.15) is 12.8 Å². The standard InChI is InChI=1S/C10H8FNO2/c11-6-2-1-3-7-8(6)14-10(4-5-10)9(13)12-7/h1-3H,4-5H2,(H,12,13). The van der Waals surface area contributed by atoms with Crippen molar-refractivity contribution in [2.24, 2.45) is 0 Å². The Morgan fingerprint density at radius 3 is 2.93 bits per heavy atom. The fourth-order valence-corrected chi connectivity index (χ4v) is 1.63. The summed E-state index contributed by atoms with van der Waals surface area (Å²) < 4.78 is 18.7. The van der Waals surface area contributed by atoms with Crippen LogP contribution in [0.25, 0.3) is 0 Å². The molecule has 0 saturated heterocycles. The smallest absolute Gasteiger partial charge is 0.268 e. The van der Waals surface area contributed by atoms with Crippen LogP contribution in [0.3, 0.4) is 0 Å². The van der Waals surface area contributed by atoms with E-state index in [4.69, 9.17) is 4.74 Å². The molecule has 1 fully saturated rings. The predicted octanol–water partition coefficient (Wildman–Crippen LogP) is 1.69. The first-order chi connectivity index (χ1) is 6.71. The van der Waals surface area contributed by atoms with Crippen molar-refractivity contribution in [2.45, 2.75) is 18.4 Å². The lowest BCUT2D eigenvalue weighted by Crippen LogP contribution is -2.39. The van der Waals surface area contributed by atoms with Crippen LogP contribution in [0.5, 0.6) is 5.75 Å². The summed E-state index contributed by atoms with van der Waals surface area (Å²) in [5.74, 6) is -0.408. The van der Waals surface area contributed by atoms with Crippen molar-refractivity contribution in [3.8, 4) is 5.75 Å². The summed E-state index contributed by atoms with van der Waals surface area (Å²) in [6.07, 6.45) is 1.35. The molecule has 0 radical (unpaired) electrons. The van der Waals surface area contributed by atoms with Crippen LogP contribution in [-0.2, 0) is 4.79 Å². The van der Waals surface area contributed by atoms with Gasteiger partial charge in [0.1, 0.15) is 0 Å². The van der Waals surface area contributed by atoms with Crippen molar-refractivity contribution in [1.82, 2.24) is 0 Å². The Kier molecular flexibility index (Phi) is 1.26. The number of para-hydroxylation sites is 1. The van der Waals surface area contributed by atoms with E-state index in [9.17, 15) is 9.18 Å². The number of benzene rings is 1. The monoisotopic (exact) mass is 193 g/mol. The van der Waals surface area contributed by atoms with Gasteiger partial charge in [-0.05, 0) is 12.1 Å². The van der Waals surface area contributed by atoms with Gasteiger partial charge in [-0.3, -0.25) is 4.79 Å². The summed E-state index contributed by atoms with van der Waals surface area (Å²) in [7, 11) is 0. The van der Waals surface area contributed by atoms with Gasteiger partial charge < -0.3 is 10.1 Å². The first kappa shape index (κ1) is 7.79. The molecule has 1 heterocycles. The zero-order valence-electron chi connectivity index (χ0n) is 7.34. The molecule has 1 aliphatic carbocycles. The summed E-state index contributed by atoms with van der Waals surface area (Å²) in [6, 6.07) is 4.50. The molecule has 1 N–H and O–H groups in total. The number of carbonyl (C=O) groups is 1. The average molecular weight is 193 g/mol. The molecule has 3 nitrogen and oxygen atoms in total. The molecule has 1 aliphatic heterocycles. The van der Waals surface area contributed by atoms with Gasteiger partial charge in [-0.25, -0.2) is 4.39 Å². The van der Waals surface area contributed by atoms with Crippen molar-refractivity contribution in [3.05, 3.63) is 24.0 Å². The number of anilines is 1. The number of carbonyl (C=O) groups excluding carboxylic acids is 1. The molecule has 1 aromatic rings. The van der Waals surface area contributed by atoms with Crippen molar-refractivity contribution in [3.63, 3.8) is 0 Å². The van der Waals surface area contributed by atoms with E-state index in [1.807, 2.05) is 0 Å². The van der Waals surface area contributed by atoms with Crippen LogP contribution in [0, 0.1) is 5.82 Å². The second kappa shape index (κ2) is 2.26. The molecular formula is C10H8FNO2. The molecule has 3 rings (SSSR count). The third-order valence-electron chi connectivity index (χ3n) is 2.63. The summed E-state index contributed by atoms with van der Waals surface area (Å²) in [5.41, 5.74) is -0.345. The molecule has 14 heavy (non-hydrogen) atoms. The lowest BCUT2D eigenvalue weighted by atomic mass is 10.2. The topological polar surface area (TPSA) is 38.3 Å². The lowest BCUT2D eigenvalue weighted by molar-refractivity contribution is -0.125. The quantitative estimate of drug-likeness (QED) is 0.680. The first-order valence-corrected chi connectivity index (χ1v) is 4.50. The second-order valence-corrected chi connectivity index (χ2v) is 3.67. The summed E-state index contributed by atoms with van der Waals surface area (Å²) in [4.78, 5) is 11.5. The first-order valence-electron chi connectivity index (χ1n) is 4.50. The van der Waals surface area contributed by atoms with Crippen molar-refractivity contribution >= 4 is 11.6 Å². The van der Waals surface area contributed by atoms with Gasteiger partial charge >= 0.3 is 0 Å². The highest BCUT2D eigenvalue weighted by molar-refractivity contribution is 6.02. The fourth-order valence-electron chi connectivity index (χ4n) is 1.63. The van der Waals surface area contributed by atoms with Crippen LogP contribution in [0.2, 0.25) is 0 Å². The highest BCUT2D eigenvalue weighted by atomic mass is 19.1. The van der Waals surface area contributed by atoms with Gasteiger partial charge in [-0.1, -0.05) is 6.07 Å². The van der Waals surface area contributed by atoms with E-state index >= 15 is 0 Å². The number of hydrogen-bond donors (Lipinski definition) is 1. The van der Waals surface area contributed by atoms with Gasteiger partial charge in [0.15, 0.2) is 17.2 Å². The van der Waals surface area contributed by atoms with Gasteiger partial charge in [-0.2, -0.15) is 0 Å². The number of ether oxygens (including phenoxy) is 1. The normalized spacial score (nSPS) is 21.1. The Labute approximate surface area is 79.9 Å². The number of halogens is 1. The Balaban J connectivity index is 2.11.